The topological polar surface area (TPSA) is 89.0 Å². The van der Waals surface area contributed by atoms with E-state index < -0.39 is 23.6 Å². The summed E-state index contributed by atoms with van der Waals surface area (Å²) in [5.74, 6) is 0.384. The standard InChI is InChI=1S/C27H23F4N5O2/c1-4-24-32-11-9-22(35-24)20-6-5-10-33-25(20)38-23-8-7-21(15(2)16(23)3)36-26(37)34-19-13-17(27(29,30)31)12-18(28)14-19/h5-14H,4H2,1-3H3,(H2,34,36,37). The Morgan fingerprint density at radius 1 is 0.974 bits per heavy atom. The number of hydrogen-bond acceptors (Lipinski definition) is 5. The quantitative estimate of drug-likeness (QED) is 0.258. The van der Waals surface area contributed by atoms with Crippen LogP contribution in [0.4, 0.5) is 33.7 Å². The van der Waals surface area contributed by atoms with Crippen LogP contribution in [0.25, 0.3) is 11.3 Å². The molecule has 7 nitrogen and oxygen atoms in total. The molecule has 4 rings (SSSR count). The number of aromatic nitrogens is 3. The van der Waals surface area contributed by atoms with Crippen LogP contribution in [-0.2, 0) is 12.6 Å². The van der Waals surface area contributed by atoms with E-state index in [1.807, 2.05) is 13.0 Å². The second-order valence-corrected chi connectivity index (χ2v) is 8.34. The molecule has 38 heavy (non-hydrogen) atoms. The number of hydrogen-bond donors (Lipinski definition) is 2. The van der Waals surface area contributed by atoms with E-state index in [2.05, 4.69) is 25.6 Å². The number of alkyl halides is 3. The van der Waals surface area contributed by atoms with Crippen LogP contribution in [0.5, 0.6) is 11.6 Å². The second-order valence-electron chi connectivity index (χ2n) is 8.34. The summed E-state index contributed by atoms with van der Waals surface area (Å²) >= 11 is 0. The number of halogens is 4. The molecule has 0 aliphatic rings. The van der Waals surface area contributed by atoms with Crippen LogP contribution in [0.2, 0.25) is 0 Å². The number of anilines is 2. The van der Waals surface area contributed by atoms with Crippen molar-refractivity contribution in [1.29, 1.82) is 0 Å². The van der Waals surface area contributed by atoms with Crippen molar-refractivity contribution >= 4 is 17.4 Å². The number of pyridine rings is 1. The lowest BCUT2D eigenvalue weighted by Gasteiger charge is -2.16. The lowest BCUT2D eigenvalue weighted by molar-refractivity contribution is -0.137. The first-order valence-corrected chi connectivity index (χ1v) is 11.6. The summed E-state index contributed by atoms with van der Waals surface area (Å²) in [5, 5.41) is 4.81. The van der Waals surface area contributed by atoms with Crippen LogP contribution in [0, 0.1) is 19.7 Å². The fraction of sp³-hybridized carbons (Fsp3) is 0.185. The number of amides is 2. The molecule has 196 valence electrons. The van der Waals surface area contributed by atoms with Crippen molar-refractivity contribution in [2.24, 2.45) is 0 Å². The summed E-state index contributed by atoms with van der Waals surface area (Å²) in [5.41, 5.74) is 1.55. The molecule has 11 heteroatoms. The van der Waals surface area contributed by atoms with Crippen molar-refractivity contribution < 1.29 is 27.1 Å². The first kappa shape index (κ1) is 26.5. The molecule has 0 bridgehead atoms. The Labute approximate surface area is 215 Å². The monoisotopic (exact) mass is 525 g/mol. The van der Waals surface area contributed by atoms with Crippen molar-refractivity contribution in [1.82, 2.24) is 15.0 Å². The van der Waals surface area contributed by atoms with E-state index in [1.54, 1.807) is 50.5 Å². The van der Waals surface area contributed by atoms with Crippen molar-refractivity contribution in [3.8, 4) is 22.9 Å². The molecule has 0 unspecified atom stereocenters. The molecular weight excluding hydrogens is 502 g/mol. The van der Waals surface area contributed by atoms with E-state index in [9.17, 15) is 22.4 Å². The van der Waals surface area contributed by atoms with Gasteiger partial charge in [0.1, 0.15) is 17.4 Å². The maximum atomic E-state index is 13.7. The van der Waals surface area contributed by atoms with Gasteiger partial charge < -0.3 is 15.4 Å². The highest BCUT2D eigenvalue weighted by Crippen LogP contribution is 2.35. The summed E-state index contributed by atoms with van der Waals surface area (Å²) in [6.45, 7) is 5.50. The largest absolute Gasteiger partial charge is 0.438 e. The van der Waals surface area contributed by atoms with E-state index >= 15 is 0 Å². The fourth-order valence-corrected chi connectivity index (χ4v) is 3.64. The van der Waals surface area contributed by atoms with E-state index in [-0.39, 0.29) is 5.69 Å². The van der Waals surface area contributed by atoms with Crippen molar-refractivity contribution in [2.75, 3.05) is 10.6 Å². The minimum atomic E-state index is -4.75. The zero-order valence-corrected chi connectivity index (χ0v) is 20.7. The zero-order valence-electron chi connectivity index (χ0n) is 20.7. The van der Waals surface area contributed by atoms with Crippen LogP contribution >= 0.6 is 0 Å². The van der Waals surface area contributed by atoms with Crippen LogP contribution in [0.15, 0.2) is 60.9 Å². The van der Waals surface area contributed by atoms with Gasteiger partial charge in [-0.15, -0.1) is 0 Å². The highest BCUT2D eigenvalue weighted by atomic mass is 19.4. The molecule has 0 saturated heterocycles. The van der Waals surface area contributed by atoms with Gasteiger partial charge >= 0.3 is 12.2 Å². The van der Waals surface area contributed by atoms with Crippen molar-refractivity contribution in [2.45, 2.75) is 33.4 Å². The van der Waals surface area contributed by atoms with Crippen molar-refractivity contribution in [3.63, 3.8) is 0 Å². The molecule has 0 radical (unpaired) electrons. The number of nitrogens with zero attached hydrogens (tertiary/aromatic N) is 3. The van der Waals surface area contributed by atoms with Crippen LogP contribution in [-0.4, -0.2) is 21.0 Å². The number of ether oxygens (including phenoxy) is 1. The van der Waals surface area contributed by atoms with Gasteiger partial charge in [0.25, 0.3) is 0 Å². The summed E-state index contributed by atoms with van der Waals surface area (Å²) in [7, 11) is 0. The highest BCUT2D eigenvalue weighted by molar-refractivity contribution is 6.00. The van der Waals surface area contributed by atoms with Gasteiger partial charge in [0.15, 0.2) is 0 Å². The van der Waals surface area contributed by atoms with Gasteiger partial charge in [-0.1, -0.05) is 6.92 Å². The summed E-state index contributed by atoms with van der Waals surface area (Å²) in [6, 6.07) is 9.59. The van der Waals surface area contributed by atoms with Gasteiger partial charge in [0, 0.05) is 30.2 Å². The van der Waals surface area contributed by atoms with Crippen molar-refractivity contribution in [3.05, 3.63) is 89.3 Å². The number of benzene rings is 2. The van der Waals surface area contributed by atoms with Gasteiger partial charge in [-0.2, -0.15) is 13.2 Å². The third-order valence-electron chi connectivity index (χ3n) is 5.74. The lowest BCUT2D eigenvalue weighted by Crippen LogP contribution is -2.20. The number of nitrogens with one attached hydrogen (secondary N) is 2. The van der Waals surface area contributed by atoms with Crippen LogP contribution in [0.3, 0.4) is 0 Å². The van der Waals surface area contributed by atoms with E-state index in [4.69, 9.17) is 4.74 Å². The number of carbonyl (C=O) groups excluding carboxylic acids is 1. The molecule has 4 aromatic rings. The highest BCUT2D eigenvalue weighted by Gasteiger charge is 2.31. The Balaban J connectivity index is 1.53. The zero-order chi connectivity index (χ0) is 27.4. The molecule has 0 atom stereocenters. The maximum absolute atomic E-state index is 13.7. The van der Waals surface area contributed by atoms with E-state index in [1.165, 1.54) is 0 Å². The number of rotatable bonds is 6. The third-order valence-corrected chi connectivity index (χ3v) is 5.74. The molecule has 2 aromatic heterocycles. The Bertz CT molecular complexity index is 1490. The molecule has 0 aliphatic carbocycles. The van der Waals surface area contributed by atoms with E-state index in [0.717, 1.165) is 6.07 Å². The Morgan fingerprint density at radius 2 is 1.76 bits per heavy atom. The van der Waals surface area contributed by atoms with Gasteiger partial charge in [0.05, 0.1) is 16.8 Å². The van der Waals surface area contributed by atoms with Crippen LogP contribution in [0.1, 0.15) is 29.4 Å². The molecule has 0 fully saturated rings. The van der Waals surface area contributed by atoms with Gasteiger partial charge in [-0.25, -0.2) is 24.1 Å². The first-order chi connectivity index (χ1) is 18.0. The molecule has 2 amide bonds. The molecule has 0 saturated carbocycles. The SMILES string of the molecule is CCc1nccc(-c2cccnc2Oc2ccc(NC(=O)Nc3cc(F)cc(C(F)(F)F)c3)c(C)c2C)n1. The Morgan fingerprint density at radius 3 is 2.50 bits per heavy atom. The van der Waals surface area contributed by atoms with Crippen LogP contribution < -0.4 is 15.4 Å². The summed E-state index contributed by atoms with van der Waals surface area (Å²) in [6.07, 6.45) is -0.808. The summed E-state index contributed by atoms with van der Waals surface area (Å²) in [4.78, 5) is 25.6. The predicted octanol–water partition coefficient (Wildman–Crippen LogP) is 7.31. The lowest BCUT2D eigenvalue weighted by atomic mass is 10.1. The first-order valence-electron chi connectivity index (χ1n) is 11.6. The van der Waals surface area contributed by atoms with Gasteiger partial charge in [0.2, 0.25) is 5.88 Å². The smallest absolute Gasteiger partial charge is 0.416 e. The number of aryl methyl sites for hydroxylation is 1. The Hall–Kier alpha value is -4.54. The van der Waals surface area contributed by atoms with E-state index in [0.29, 0.717) is 64.1 Å². The maximum Gasteiger partial charge on any atom is 0.416 e. The molecule has 2 heterocycles. The molecule has 0 aliphatic heterocycles. The average molecular weight is 526 g/mol. The third kappa shape index (κ3) is 6.05. The second kappa shape index (κ2) is 10.8. The van der Waals surface area contributed by atoms with Gasteiger partial charge in [-0.3, -0.25) is 0 Å². The average Bonchev–Trinajstić information content (AvgIpc) is 2.88. The molecular formula is C27H23F4N5O2. The molecule has 0 spiro atoms. The number of carbonyl (C=O) groups is 1. The molecule has 2 N–H and O–H groups in total. The normalized spacial score (nSPS) is 11.2. The number of urea groups is 1. The minimum absolute atomic E-state index is 0.331. The fourth-order valence-electron chi connectivity index (χ4n) is 3.64. The Kier molecular flexibility index (Phi) is 7.56. The summed E-state index contributed by atoms with van der Waals surface area (Å²) < 4.78 is 58.7. The minimum Gasteiger partial charge on any atom is -0.438 e. The van der Waals surface area contributed by atoms with Gasteiger partial charge in [-0.05, 0) is 73.5 Å². The predicted molar refractivity (Wildman–Crippen MR) is 135 cm³/mol. The molecule has 2 aromatic carbocycles.